The summed E-state index contributed by atoms with van der Waals surface area (Å²) in [5, 5.41) is 12.3. The highest BCUT2D eigenvalue weighted by molar-refractivity contribution is 6.06. The van der Waals surface area contributed by atoms with Crippen LogP contribution in [0.5, 0.6) is 11.5 Å². The van der Waals surface area contributed by atoms with E-state index in [4.69, 9.17) is 9.15 Å². The third-order valence-electron chi connectivity index (χ3n) is 4.19. The van der Waals surface area contributed by atoms with E-state index in [1.807, 2.05) is 55.5 Å². The first kappa shape index (κ1) is 16.2. The molecule has 1 aromatic heterocycles. The number of rotatable bonds is 5. The molecule has 26 heavy (non-hydrogen) atoms. The number of hydrogen-bond donors (Lipinski definition) is 1. The summed E-state index contributed by atoms with van der Waals surface area (Å²) in [6.07, 6.45) is 2.58. The normalized spacial score (nSPS) is 11.6. The molecule has 4 aromatic rings. The van der Waals surface area contributed by atoms with Crippen LogP contribution >= 0.6 is 0 Å². The fourth-order valence-corrected chi connectivity index (χ4v) is 2.88. The largest absolute Gasteiger partial charge is 0.507 e. The Morgan fingerprint density at radius 3 is 2.69 bits per heavy atom. The Morgan fingerprint density at radius 1 is 1.00 bits per heavy atom. The third kappa shape index (κ3) is 3.14. The number of nitrogens with zero attached hydrogens (tertiary/aromatic N) is 1. The number of aliphatic imine (C=N–C) groups is 1. The first-order valence-electron chi connectivity index (χ1n) is 8.66. The van der Waals surface area contributed by atoms with Crippen molar-refractivity contribution in [1.29, 1.82) is 0 Å². The molecule has 0 saturated heterocycles. The molecule has 4 nitrogen and oxygen atoms in total. The SMILES string of the molecule is CCCOc1ccc(C=Nc2ccc3oc4ccccc4c3c2)c(O)c1. The van der Waals surface area contributed by atoms with Crippen molar-refractivity contribution >= 4 is 33.8 Å². The molecule has 4 rings (SSSR count). The number of phenols is 1. The van der Waals surface area contributed by atoms with Crippen molar-refractivity contribution in [2.24, 2.45) is 4.99 Å². The molecule has 0 aliphatic rings. The Labute approximate surface area is 151 Å². The van der Waals surface area contributed by atoms with Crippen LogP contribution in [0.4, 0.5) is 5.69 Å². The van der Waals surface area contributed by atoms with Crippen LogP contribution in [0.25, 0.3) is 21.9 Å². The van der Waals surface area contributed by atoms with Gasteiger partial charge in [0.1, 0.15) is 22.7 Å². The molecule has 0 aliphatic heterocycles. The highest BCUT2D eigenvalue weighted by atomic mass is 16.5. The lowest BCUT2D eigenvalue weighted by molar-refractivity contribution is 0.315. The Bertz CT molecular complexity index is 1100. The molecule has 0 amide bonds. The van der Waals surface area contributed by atoms with E-state index in [1.165, 1.54) is 0 Å². The third-order valence-corrected chi connectivity index (χ3v) is 4.19. The number of hydrogen-bond acceptors (Lipinski definition) is 4. The summed E-state index contributed by atoms with van der Waals surface area (Å²) in [6.45, 7) is 2.67. The number of phenolic OH excluding ortho intramolecular Hbond substituents is 1. The number of fused-ring (bicyclic) bond motifs is 3. The number of furan rings is 1. The van der Waals surface area contributed by atoms with Crippen LogP contribution in [0.15, 0.2) is 70.1 Å². The quantitative estimate of drug-likeness (QED) is 0.463. The van der Waals surface area contributed by atoms with Crippen LogP contribution in [0.2, 0.25) is 0 Å². The van der Waals surface area contributed by atoms with Gasteiger partial charge in [-0.15, -0.1) is 0 Å². The van der Waals surface area contributed by atoms with E-state index >= 15 is 0 Å². The van der Waals surface area contributed by atoms with E-state index < -0.39 is 0 Å². The summed E-state index contributed by atoms with van der Waals surface area (Å²) in [5.41, 5.74) is 3.15. The van der Waals surface area contributed by atoms with Gasteiger partial charge in [-0.3, -0.25) is 4.99 Å². The maximum Gasteiger partial charge on any atom is 0.135 e. The molecule has 3 aromatic carbocycles. The van der Waals surface area contributed by atoms with E-state index in [9.17, 15) is 5.11 Å². The second-order valence-corrected chi connectivity index (χ2v) is 6.11. The molecular formula is C22H19NO3. The van der Waals surface area contributed by atoms with E-state index in [0.717, 1.165) is 34.0 Å². The van der Waals surface area contributed by atoms with Gasteiger partial charge in [-0.2, -0.15) is 0 Å². The van der Waals surface area contributed by atoms with Gasteiger partial charge in [0, 0.05) is 28.6 Å². The minimum absolute atomic E-state index is 0.150. The van der Waals surface area contributed by atoms with E-state index in [1.54, 1.807) is 18.3 Å². The van der Waals surface area contributed by atoms with Crippen LogP contribution in [-0.4, -0.2) is 17.9 Å². The highest BCUT2D eigenvalue weighted by Gasteiger charge is 2.07. The molecular weight excluding hydrogens is 326 g/mol. The summed E-state index contributed by atoms with van der Waals surface area (Å²) >= 11 is 0. The van der Waals surface area contributed by atoms with Crippen LogP contribution in [0.1, 0.15) is 18.9 Å². The Hall–Kier alpha value is -3.27. The van der Waals surface area contributed by atoms with Gasteiger partial charge in [0.05, 0.1) is 12.3 Å². The Morgan fingerprint density at radius 2 is 1.85 bits per heavy atom. The molecule has 0 bridgehead atoms. The number of aromatic hydroxyl groups is 1. The highest BCUT2D eigenvalue weighted by Crippen LogP contribution is 2.31. The zero-order chi connectivity index (χ0) is 17.9. The van der Waals surface area contributed by atoms with Crippen molar-refractivity contribution in [3.63, 3.8) is 0 Å². The molecule has 0 unspecified atom stereocenters. The number of ether oxygens (including phenoxy) is 1. The van der Waals surface area contributed by atoms with E-state index in [0.29, 0.717) is 17.9 Å². The summed E-state index contributed by atoms with van der Waals surface area (Å²) < 4.78 is 11.3. The Balaban J connectivity index is 1.63. The van der Waals surface area contributed by atoms with Gasteiger partial charge in [-0.25, -0.2) is 0 Å². The topological polar surface area (TPSA) is 55.0 Å². The summed E-state index contributed by atoms with van der Waals surface area (Å²) in [7, 11) is 0. The van der Waals surface area contributed by atoms with Gasteiger partial charge >= 0.3 is 0 Å². The fourth-order valence-electron chi connectivity index (χ4n) is 2.88. The van der Waals surface area contributed by atoms with Crippen LogP contribution in [0, 0.1) is 0 Å². The lowest BCUT2D eigenvalue weighted by Gasteiger charge is -2.06. The molecule has 0 aliphatic carbocycles. The summed E-state index contributed by atoms with van der Waals surface area (Å²) in [4.78, 5) is 4.50. The molecule has 0 radical (unpaired) electrons. The van der Waals surface area contributed by atoms with Crippen LogP contribution in [0.3, 0.4) is 0 Å². The average molecular weight is 345 g/mol. The predicted octanol–water partition coefficient (Wildman–Crippen LogP) is 5.83. The molecule has 4 heteroatoms. The van der Waals surface area contributed by atoms with Gasteiger partial charge in [-0.1, -0.05) is 25.1 Å². The molecule has 0 atom stereocenters. The lowest BCUT2D eigenvalue weighted by Crippen LogP contribution is -1.95. The van der Waals surface area contributed by atoms with Crippen molar-refractivity contribution in [3.8, 4) is 11.5 Å². The van der Waals surface area contributed by atoms with Gasteiger partial charge in [0.2, 0.25) is 0 Å². The first-order chi connectivity index (χ1) is 12.7. The van der Waals surface area contributed by atoms with Crippen LogP contribution in [-0.2, 0) is 0 Å². The molecule has 1 heterocycles. The fraction of sp³-hybridized carbons (Fsp3) is 0.136. The van der Waals surface area contributed by atoms with Gasteiger partial charge in [0.25, 0.3) is 0 Å². The molecule has 130 valence electrons. The van der Waals surface area contributed by atoms with Gasteiger partial charge < -0.3 is 14.3 Å². The summed E-state index contributed by atoms with van der Waals surface area (Å²) in [5.74, 6) is 0.810. The zero-order valence-corrected chi connectivity index (χ0v) is 14.5. The minimum atomic E-state index is 0.150. The lowest BCUT2D eigenvalue weighted by atomic mass is 10.1. The average Bonchev–Trinajstić information content (AvgIpc) is 3.03. The molecule has 0 spiro atoms. The van der Waals surface area contributed by atoms with Gasteiger partial charge in [0.15, 0.2) is 0 Å². The van der Waals surface area contributed by atoms with Crippen molar-refractivity contribution in [3.05, 3.63) is 66.2 Å². The maximum absolute atomic E-state index is 10.2. The number of benzene rings is 3. The van der Waals surface area contributed by atoms with Crippen molar-refractivity contribution in [2.75, 3.05) is 6.61 Å². The van der Waals surface area contributed by atoms with Crippen molar-refractivity contribution < 1.29 is 14.3 Å². The second kappa shape index (κ2) is 6.92. The molecule has 0 saturated carbocycles. The van der Waals surface area contributed by atoms with Crippen molar-refractivity contribution in [1.82, 2.24) is 0 Å². The number of para-hydroxylation sites is 1. The standard InChI is InChI=1S/C22H19NO3/c1-2-11-25-17-9-7-15(20(24)13-17)14-23-16-8-10-22-19(12-16)18-5-3-4-6-21(18)26-22/h3-10,12-14,24H,2,11H2,1H3. The predicted molar refractivity (Wildman–Crippen MR) is 105 cm³/mol. The van der Waals surface area contributed by atoms with Crippen LogP contribution < -0.4 is 4.74 Å². The minimum Gasteiger partial charge on any atom is -0.507 e. The van der Waals surface area contributed by atoms with Gasteiger partial charge in [-0.05, 0) is 42.8 Å². The Kier molecular flexibility index (Phi) is 4.32. The monoisotopic (exact) mass is 345 g/mol. The van der Waals surface area contributed by atoms with E-state index in [-0.39, 0.29) is 5.75 Å². The summed E-state index contributed by atoms with van der Waals surface area (Å²) in [6, 6.07) is 19.0. The van der Waals surface area contributed by atoms with Crippen molar-refractivity contribution in [2.45, 2.75) is 13.3 Å². The first-order valence-corrected chi connectivity index (χ1v) is 8.66. The second-order valence-electron chi connectivity index (χ2n) is 6.11. The maximum atomic E-state index is 10.2. The smallest absolute Gasteiger partial charge is 0.135 e. The molecule has 1 N–H and O–H groups in total. The van der Waals surface area contributed by atoms with E-state index in [2.05, 4.69) is 4.99 Å². The molecule has 0 fully saturated rings. The zero-order valence-electron chi connectivity index (χ0n) is 14.5.